The van der Waals surface area contributed by atoms with E-state index in [1.54, 1.807) is 30.2 Å². The van der Waals surface area contributed by atoms with Gasteiger partial charge in [-0.1, -0.05) is 0 Å². The van der Waals surface area contributed by atoms with E-state index in [1.807, 2.05) is 6.20 Å². The van der Waals surface area contributed by atoms with Gasteiger partial charge in [0.25, 0.3) is 5.91 Å². The minimum Gasteiger partial charge on any atom is -0.319 e. The largest absolute Gasteiger partial charge is 0.319 e. The van der Waals surface area contributed by atoms with Gasteiger partial charge in [-0.25, -0.2) is 24.0 Å². The van der Waals surface area contributed by atoms with Gasteiger partial charge < -0.3 is 15.0 Å². The number of nitrogens with one attached hydrogen (secondary N) is 2. The van der Waals surface area contributed by atoms with Gasteiger partial charge in [0, 0.05) is 42.8 Å². The Balaban J connectivity index is 1.28. The molecule has 0 aromatic carbocycles. The number of anilines is 1. The maximum absolute atomic E-state index is 14.2. The van der Waals surface area contributed by atoms with E-state index in [0.717, 1.165) is 12.1 Å². The Kier molecular flexibility index (Phi) is 4.47. The summed E-state index contributed by atoms with van der Waals surface area (Å²) in [5.41, 5.74) is 2.36. The molecule has 1 saturated carbocycles. The van der Waals surface area contributed by atoms with E-state index in [4.69, 9.17) is 0 Å². The Morgan fingerprint density at radius 1 is 1.20 bits per heavy atom. The van der Waals surface area contributed by atoms with Crippen LogP contribution in [0.4, 0.5) is 10.1 Å². The minimum atomic E-state index is -0.520. The van der Waals surface area contributed by atoms with Crippen molar-refractivity contribution < 1.29 is 9.18 Å². The fraction of sp³-hybridized carbons (Fsp3) is 0.250. The van der Waals surface area contributed by atoms with Crippen LogP contribution in [0.1, 0.15) is 34.6 Å². The standard InChI is InChI=1S/C20H19FN8O/c1-12-9-28-11-15(4-16(21)19(28)26-12)27-20(30)17-7-24-18(8-23-17)29-10-13(6-25-29)5-22-14-2-3-14/h4,6-11,14,22H,2-3,5H2,1H3,(H,27,30). The van der Waals surface area contributed by atoms with Crippen molar-refractivity contribution in [1.82, 2.24) is 34.4 Å². The molecule has 4 heterocycles. The third-order valence-electron chi connectivity index (χ3n) is 4.80. The van der Waals surface area contributed by atoms with E-state index in [1.165, 1.54) is 35.7 Å². The van der Waals surface area contributed by atoms with Crippen molar-refractivity contribution in [2.75, 3.05) is 5.32 Å². The molecule has 30 heavy (non-hydrogen) atoms. The highest BCUT2D eigenvalue weighted by Crippen LogP contribution is 2.19. The van der Waals surface area contributed by atoms with Crippen LogP contribution in [0, 0.1) is 12.7 Å². The van der Waals surface area contributed by atoms with Gasteiger partial charge in [0.15, 0.2) is 17.3 Å². The van der Waals surface area contributed by atoms with Crippen LogP contribution in [-0.2, 0) is 6.54 Å². The van der Waals surface area contributed by atoms with E-state index < -0.39 is 11.7 Å². The lowest BCUT2D eigenvalue weighted by molar-refractivity contribution is 0.102. The fourth-order valence-corrected chi connectivity index (χ4v) is 3.13. The van der Waals surface area contributed by atoms with Crippen LogP contribution in [-0.4, -0.2) is 41.1 Å². The maximum Gasteiger partial charge on any atom is 0.275 e. The SMILES string of the molecule is Cc1cn2cc(NC(=O)c3cnc(-n4cc(CNC5CC5)cn4)cn3)cc(F)c2n1. The topological polar surface area (TPSA) is 102 Å². The van der Waals surface area contributed by atoms with Crippen LogP contribution in [0.15, 0.2) is 43.2 Å². The predicted molar refractivity (Wildman–Crippen MR) is 107 cm³/mol. The molecule has 4 aromatic rings. The molecule has 152 valence electrons. The molecular formula is C20H19FN8O. The fourth-order valence-electron chi connectivity index (χ4n) is 3.13. The molecule has 1 aliphatic carbocycles. The minimum absolute atomic E-state index is 0.115. The first-order valence-electron chi connectivity index (χ1n) is 9.61. The highest BCUT2D eigenvalue weighted by molar-refractivity contribution is 6.02. The molecule has 0 radical (unpaired) electrons. The van der Waals surface area contributed by atoms with Crippen LogP contribution < -0.4 is 10.6 Å². The first kappa shape index (κ1) is 18.4. The number of rotatable bonds is 6. The Bertz CT molecular complexity index is 1230. The molecule has 10 heteroatoms. The van der Waals surface area contributed by atoms with Crippen molar-refractivity contribution in [3.8, 4) is 5.82 Å². The second-order valence-electron chi connectivity index (χ2n) is 7.35. The second-order valence-corrected chi connectivity index (χ2v) is 7.35. The lowest BCUT2D eigenvalue weighted by Crippen LogP contribution is -2.15. The molecule has 0 spiro atoms. The number of fused-ring (bicyclic) bond motifs is 1. The van der Waals surface area contributed by atoms with Crippen molar-refractivity contribution in [3.05, 3.63) is 66.0 Å². The van der Waals surface area contributed by atoms with E-state index >= 15 is 0 Å². The van der Waals surface area contributed by atoms with Crippen molar-refractivity contribution >= 4 is 17.2 Å². The highest BCUT2D eigenvalue weighted by Gasteiger charge is 2.20. The normalized spacial score (nSPS) is 13.7. The number of amides is 1. The van der Waals surface area contributed by atoms with Gasteiger partial charge in [0.2, 0.25) is 0 Å². The highest BCUT2D eigenvalue weighted by atomic mass is 19.1. The number of halogens is 1. The lowest BCUT2D eigenvalue weighted by atomic mass is 10.3. The number of nitrogens with zero attached hydrogens (tertiary/aromatic N) is 6. The molecule has 1 fully saturated rings. The van der Waals surface area contributed by atoms with E-state index in [0.29, 0.717) is 23.2 Å². The Morgan fingerprint density at radius 2 is 2.07 bits per heavy atom. The summed E-state index contributed by atoms with van der Waals surface area (Å²) in [6, 6.07) is 1.85. The molecule has 5 rings (SSSR count). The zero-order valence-corrected chi connectivity index (χ0v) is 16.2. The molecule has 0 aliphatic heterocycles. The van der Waals surface area contributed by atoms with Gasteiger partial charge in [-0.3, -0.25) is 4.79 Å². The molecule has 9 nitrogen and oxygen atoms in total. The average molecular weight is 406 g/mol. The van der Waals surface area contributed by atoms with Gasteiger partial charge in [-0.05, 0) is 19.8 Å². The van der Waals surface area contributed by atoms with E-state index in [9.17, 15) is 9.18 Å². The number of imidazole rings is 1. The zero-order valence-electron chi connectivity index (χ0n) is 16.2. The number of aromatic nitrogens is 6. The Hall–Kier alpha value is -3.66. The molecule has 1 amide bonds. The average Bonchev–Trinajstić information content (AvgIpc) is 3.30. The summed E-state index contributed by atoms with van der Waals surface area (Å²) in [6.45, 7) is 2.53. The van der Waals surface area contributed by atoms with Crippen LogP contribution in [0.25, 0.3) is 11.5 Å². The van der Waals surface area contributed by atoms with Gasteiger partial charge in [0.05, 0.1) is 30.0 Å². The number of aryl methyl sites for hydroxylation is 1. The van der Waals surface area contributed by atoms with Crippen molar-refractivity contribution in [2.24, 2.45) is 0 Å². The number of hydrogen-bond donors (Lipinski definition) is 2. The molecular weight excluding hydrogens is 387 g/mol. The van der Waals surface area contributed by atoms with Crippen LogP contribution in [0.5, 0.6) is 0 Å². The summed E-state index contributed by atoms with van der Waals surface area (Å²) in [7, 11) is 0. The Morgan fingerprint density at radius 3 is 2.83 bits per heavy atom. The first-order valence-corrected chi connectivity index (χ1v) is 9.61. The Labute approximate surface area is 171 Å². The van der Waals surface area contributed by atoms with Crippen LogP contribution in [0.2, 0.25) is 0 Å². The van der Waals surface area contributed by atoms with Gasteiger partial charge >= 0.3 is 0 Å². The van der Waals surface area contributed by atoms with Crippen LogP contribution in [0.3, 0.4) is 0 Å². The van der Waals surface area contributed by atoms with Gasteiger partial charge in [0.1, 0.15) is 5.69 Å². The summed E-state index contributed by atoms with van der Waals surface area (Å²) in [5, 5.41) is 10.4. The van der Waals surface area contributed by atoms with Crippen molar-refractivity contribution in [2.45, 2.75) is 32.4 Å². The third-order valence-corrected chi connectivity index (χ3v) is 4.80. The molecule has 4 aromatic heterocycles. The lowest BCUT2D eigenvalue weighted by Gasteiger charge is -2.06. The first-order chi connectivity index (χ1) is 14.5. The molecule has 0 bridgehead atoms. The number of pyridine rings is 1. The number of carbonyl (C=O) groups is 1. The smallest absolute Gasteiger partial charge is 0.275 e. The quantitative estimate of drug-likeness (QED) is 0.509. The maximum atomic E-state index is 14.2. The number of carbonyl (C=O) groups excluding carboxylic acids is 1. The monoisotopic (exact) mass is 406 g/mol. The van der Waals surface area contributed by atoms with Gasteiger partial charge in [-0.15, -0.1) is 0 Å². The second kappa shape index (κ2) is 7.30. The van der Waals surface area contributed by atoms with Crippen molar-refractivity contribution in [1.29, 1.82) is 0 Å². The molecule has 2 N–H and O–H groups in total. The van der Waals surface area contributed by atoms with Gasteiger partial charge in [-0.2, -0.15) is 5.10 Å². The summed E-state index contributed by atoms with van der Waals surface area (Å²) in [6.07, 6.45) is 12.2. The summed E-state index contributed by atoms with van der Waals surface area (Å²) >= 11 is 0. The summed E-state index contributed by atoms with van der Waals surface area (Å²) in [4.78, 5) is 25.0. The summed E-state index contributed by atoms with van der Waals surface area (Å²) < 4.78 is 17.3. The molecule has 0 saturated heterocycles. The predicted octanol–water partition coefficient (Wildman–Crippen LogP) is 2.26. The van der Waals surface area contributed by atoms with Crippen LogP contribution >= 0.6 is 0 Å². The number of hydrogen-bond acceptors (Lipinski definition) is 6. The van der Waals surface area contributed by atoms with Crippen molar-refractivity contribution in [3.63, 3.8) is 0 Å². The summed E-state index contributed by atoms with van der Waals surface area (Å²) in [5.74, 6) is -0.502. The molecule has 1 aliphatic rings. The van der Waals surface area contributed by atoms with E-state index in [2.05, 4.69) is 30.7 Å². The molecule has 0 atom stereocenters. The van der Waals surface area contributed by atoms with E-state index in [-0.39, 0.29) is 11.3 Å². The third kappa shape index (κ3) is 3.77. The zero-order chi connectivity index (χ0) is 20.7. The molecule has 0 unspecified atom stereocenters.